The summed E-state index contributed by atoms with van der Waals surface area (Å²) >= 11 is 0. The highest BCUT2D eigenvalue weighted by molar-refractivity contribution is 7.92. The molecule has 1 N–H and O–H groups in total. The molecule has 186 valence electrons. The second-order valence-corrected chi connectivity index (χ2v) is 12.0. The second-order valence-electron chi connectivity index (χ2n) is 10.2. The van der Waals surface area contributed by atoms with Crippen LogP contribution in [0.15, 0.2) is 30.3 Å². The largest absolute Gasteiger partial charge is 0.474 e. The lowest BCUT2D eigenvalue weighted by atomic mass is 9.90. The van der Waals surface area contributed by atoms with Crippen molar-refractivity contribution in [3.63, 3.8) is 0 Å². The number of nitrogens with one attached hydrogen (secondary N) is 1. The number of pyridine rings is 1. The van der Waals surface area contributed by atoms with Gasteiger partial charge in [-0.1, -0.05) is 39.8 Å². The van der Waals surface area contributed by atoms with Crippen LogP contribution < -0.4 is 9.46 Å². The number of Topliss-reactive ketones (excluding diaryl/α,β-unsaturated/α-hetero) is 1. The molecule has 1 aromatic heterocycles. The molecule has 1 atom stereocenters. The Balaban J connectivity index is 1.72. The fraction of sp³-hybridized carbons (Fsp3) is 0.538. The molecule has 0 bridgehead atoms. The van der Waals surface area contributed by atoms with Crippen molar-refractivity contribution in [2.75, 3.05) is 11.0 Å². The minimum Gasteiger partial charge on any atom is -0.474 e. The number of sulfonamides is 1. The highest BCUT2D eigenvalue weighted by Gasteiger charge is 2.23. The standard InChI is InChI=1S/C26H35FN2O4S/c1-17(19-10-13-22(21(27)16-19)29-34(5,31)32)23(30)14-11-18-12-15-24(26(2,3)4)28-25(18)33-20-8-6-7-9-20/h10,12-13,15-17,20,29H,6-9,11,14H2,1-5H3. The number of ketones is 1. The molecule has 1 saturated carbocycles. The van der Waals surface area contributed by atoms with Crippen molar-refractivity contribution in [3.05, 3.63) is 53.0 Å². The molecule has 8 heteroatoms. The summed E-state index contributed by atoms with van der Waals surface area (Å²) in [5.74, 6) is -0.656. The minimum absolute atomic E-state index is 0.0325. The lowest BCUT2D eigenvalue weighted by molar-refractivity contribution is -0.120. The summed E-state index contributed by atoms with van der Waals surface area (Å²) in [5, 5.41) is 0. The molecular weight excluding hydrogens is 455 g/mol. The quantitative estimate of drug-likeness (QED) is 0.500. The van der Waals surface area contributed by atoms with E-state index in [-0.39, 0.29) is 29.4 Å². The van der Waals surface area contributed by atoms with Crippen LogP contribution in [-0.2, 0) is 26.7 Å². The number of carbonyl (C=O) groups is 1. The molecule has 1 unspecified atom stereocenters. The zero-order valence-electron chi connectivity index (χ0n) is 20.7. The van der Waals surface area contributed by atoms with Gasteiger partial charge in [0.25, 0.3) is 0 Å². The van der Waals surface area contributed by atoms with Crippen LogP contribution in [-0.4, -0.2) is 31.5 Å². The summed E-state index contributed by atoms with van der Waals surface area (Å²) < 4.78 is 45.5. The first-order valence-electron chi connectivity index (χ1n) is 11.8. The first-order chi connectivity index (χ1) is 15.8. The van der Waals surface area contributed by atoms with E-state index in [1.54, 1.807) is 13.0 Å². The van der Waals surface area contributed by atoms with Gasteiger partial charge in [0.15, 0.2) is 0 Å². The number of hydrogen-bond donors (Lipinski definition) is 1. The summed E-state index contributed by atoms with van der Waals surface area (Å²) in [5.41, 5.74) is 2.11. The van der Waals surface area contributed by atoms with E-state index in [1.165, 1.54) is 12.1 Å². The highest BCUT2D eigenvalue weighted by Crippen LogP contribution is 2.30. The van der Waals surface area contributed by atoms with Gasteiger partial charge >= 0.3 is 0 Å². The van der Waals surface area contributed by atoms with Crippen LogP contribution >= 0.6 is 0 Å². The average Bonchev–Trinajstić information content (AvgIpc) is 3.25. The van der Waals surface area contributed by atoms with Gasteiger partial charge in [-0.25, -0.2) is 17.8 Å². The number of rotatable bonds is 9. The van der Waals surface area contributed by atoms with Gasteiger partial charge in [-0.3, -0.25) is 9.52 Å². The van der Waals surface area contributed by atoms with Crippen molar-refractivity contribution in [2.45, 2.75) is 83.7 Å². The van der Waals surface area contributed by atoms with Crippen LogP contribution in [0.4, 0.5) is 10.1 Å². The molecule has 34 heavy (non-hydrogen) atoms. The predicted octanol–water partition coefficient (Wildman–Crippen LogP) is 5.52. The van der Waals surface area contributed by atoms with Crippen molar-refractivity contribution in [1.82, 2.24) is 4.98 Å². The molecule has 1 fully saturated rings. The van der Waals surface area contributed by atoms with Crippen LogP contribution in [0.5, 0.6) is 5.88 Å². The number of nitrogens with zero attached hydrogens (tertiary/aromatic N) is 1. The molecule has 0 amide bonds. The Morgan fingerprint density at radius 3 is 2.47 bits per heavy atom. The number of aromatic nitrogens is 1. The van der Waals surface area contributed by atoms with Crippen molar-refractivity contribution in [1.29, 1.82) is 0 Å². The number of benzene rings is 1. The Bertz CT molecular complexity index is 1140. The van der Waals surface area contributed by atoms with Crippen molar-refractivity contribution < 1.29 is 22.3 Å². The monoisotopic (exact) mass is 490 g/mol. The topological polar surface area (TPSA) is 85.4 Å². The van der Waals surface area contributed by atoms with Crippen molar-refractivity contribution >= 4 is 21.5 Å². The van der Waals surface area contributed by atoms with Gasteiger partial charge in [-0.05, 0) is 55.9 Å². The molecule has 1 aliphatic carbocycles. The lowest BCUT2D eigenvalue weighted by Gasteiger charge is -2.22. The van der Waals surface area contributed by atoms with Crippen molar-refractivity contribution in [2.24, 2.45) is 0 Å². The fourth-order valence-electron chi connectivity index (χ4n) is 4.09. The Kier molecular flexibility index (Phi) is 8.01. The van der Waals surface area contributed by atoms with E-state index in [4.69, 9.17) is 9.72 Å². The minimum atomic E-state index is -3.59. The third kappa shape index (κ3) is 7.01. The third-order valence-electron chi connectivity index (χ3n) is 6.20. The van der Waals surface area contributed by atoms with Crippen molar-refractivity contribution in [3.8, 4) is 5.88 Å². The van der Waals surface area contributed by atoms with Crippen LogP contribution in [0.2, 0.25) is 0 Å². The first-order valence-corrected chi connectivity index (χ1v) is 13.7. The van der Waals surface area contributed by atoms with Gasteiger partial charge in [0.2, 0.25) is 15.9 Å². The normalized spacial score (nSPS) is 15.8. The van der Waals surface area contributed by atoms with E-state index in [0.29, 0.717) is 17.9 Å². The predicted molar refractivity (Wildman–Crippen MR) is 132 cm³/mol. The number of halogens is 1. The second kappa shape index (κ2) is 10.4. The van der Waals surface area contributed by atoms with Crippen LogP contribution in [0.25, 0.3) is 0 Å². The average molecular weight is 491 g/mol. The van der Waals surface area contributed by atoms with Gasteiger partial charge < -0.3 is 4.74 Å². The number of ether oxygens (including phenoxy) is 1. The summed E-state index contributed by atoms with van der Waals surface area (Å²) in [4.78, 5) is 17.7. The Labute approximate surface area is 202 Å². The summed E-state index contributed by atoms with van der Waals surface area (Å²) in [7, 11) is -3.59. The molecule has 1 aromatic carbocycles. The molecule has 0 saturated heterocycles. The molecule has 6 nitrogen and oxygen atoms in total. The maximum Gasteiger partial charge on any atom is 0.229 e. The van der Waals surface area contributed by atoms with E-state index < -0.39 is 21.8 Å². The smallest absolute Gasteiger partial charge is 0.229 e. The number of hydrogen-bond acceptors (Lipinski definition) is 5. The molecule has 0 spiro atoms. The van der Waals surface area contributed by atoms with Gasteiger partial charge in [0.05, 0.1) is 11.9 Å². The molecular formula is C26H35FN2O4S. The Morgan fingerprint density at radius 2 is 1.88 bits per heavy atom. The zero-order valence-corrected chi connectivity index (χ0v) is 21.5. The highest BCUT2D eigenvalue weighted by atomic mass is 32.2. The van der Waals surface area contributed by atoms with Crippen LogP contribution in [0, 0.1) is 5.82 Å². The van der Waals surface area contributed by atoms with E-state index in [9.17, 15) is 17.6 Å². The Morgan fingerprint density at radius 1 is 1.21 bits per heavy atom. The van der Waals surface area contributed by atoms with Gasteiger partial charge in [-0.2, -0.15) is 0 Å². The zero-order chi connectivity index (χ0) is 25.1. The van der Waals surface area contributed by atoms with Gasteiger partial charge in [-0.15, -0.1) is 0 Å². The maximum absolute atomic E-state index is 14.4. The van der Waals surface area contributed by atoms with Gasteiger partial charge in [0.1, 0.15) is 17.7 Å². The van der Waals surface area contributed by atoms with E-state index in [0.717, 1.165) is 43.2 Å². The molecule has 1 aliphatic rings. The van der Waals surface area contributed by atoms with E-state index in [2.05, 4.69) is 25.5 Å². The maximum atomic E-state index is 14.4. The number of carbonyl (C=O) groups excluding carboxylic acids is 1. The number of anilines is 1. The molecule has 0 radical (unpaired) electrons. The number of aryl methyl sites for hydroxylation is 1. The first kappa shape index (κ1) is 26.1. The fourth-order valence-corrected chi connectivity index (χ4v) is 4.65. The van der Waals surface area contributed by atoms with E-state index in [1.807, 2.05) is 12.1 Å². The summed E-state index contributed by atoms with van der Waals surface area (Å²) in [6.45, 7) is 8.05. The van der Waals surface area contributed by atoms with Gasteiger partial charge in [0, 0.05) is 29.0 Å². The SMILES string of the molecule is CC(C(=O)CCc1ccc(C(C)(C)C)nc1OC1CCCC1)c1ccc(NS(C)(=O)=O)c(F)c1. The lowest BCUT2D eigenvalue weighted by Crippen LogP contribution is -2.18. The molecule has 1 heterocycles. The van der Waals surface area contributed by atoms with Crippen LogP contribution in [0.1, 0.15) is 82.5 Å². The molecule has 0 aliphatic heterocycles. The van der Waals surface area contributed by atoms with Crippen LogP contribution in [0.3, 0.4) is 0 Å². The third-order valence-corrected chi connectivity index (χ3v) is 6.79. The summed E-state index contributed by atoms with van der Waals surface area (Å²) in [6, 6.07) is 8.13. The molecule has 2 aromatic rings. The molecule has 3 rings (SSSR count). The Hall–Kier alpha value is -2.48. The van der Waals surface area contributed by atoms with E-state index >= 15 is 0 Å². The summed E-state index contributed by atoms with van der Waals surface area (Å²) in [6.07, 6.45) is 6.23.